The Morgan fingerprint density at radius 1 is 1.13 bits per heavy atom. The van der Waals surface area contributed by atoms with Crippen LogP contribution in [0.3, 0.4) is 0 Å². The molecule has 0 spiro atoms. The van der Waals surface area contributed by atoms with Gasteiger partial charge in [0.25, 0.3) is 5.56 Å². The fraction of sp³-hybridized carbons (Fsp3) is 0.318. The van der Waals surface area contributed by atoms with Crippen LogP contribution >= 0.6 is 15.9 Å². The minimum atomic E-state index is -0.144. The van der Waals surface area contributed by atoms with Crippen LogP contribution in [0.1, 0.15) is 17.5 Å². The second-order valence-corrected chi connectivity index (χ2v) is 8.11. The fourth-order valence-electron chi connectivity index (χ4n) is 3.76. The molecule has 156 valence electrons. The number of nitrogens with zero attached hydrogens (tertiary/aromatic N) is 3. The number of rotatable bonds is 5. The van der Waals surface area contributed by atoms with Crippen LogP contribution < -0.4 is 15.0 Å². The molecule has 0 saturated carbocycles. The van der Waals surface area contributed by atoms with Crippen molar-refractivity contribution in [3.8, 4) is 11.5 Å². The average molecular weight is 472 g/mol. The maximum absolute atomic E-state index is 12.8. The van der Waals surface area contributed by atoms with Crippen LogP contribution in [-0.2, 0) is 24.3 Å². The number of aryl methyl sites for hydroxylation is 1. The van der Waals surface area contributed by atoms with E-state index in [-0.39, 0.29) is 17.9 Å². The molecule has 7 nitrogen and oxygen atoms in total. The predicted octanol–water partition coefficient (Wildman–Crippen LogP) is 3.15. The average Bonchev–Trinajstić information content (AvgIpc) is 2.77. The minimum Gasteiger partial charge on any atom is -0.493 e. The van der Waals surface area contributed by atoms with Gasteiger partial charge in [0.2, 0.25) is 5.91 Å². The van der Waals surface area contributed by atoms with Crippen molar-refractivity contribution >= 4 is 32.7 Å². The van der Waals surface area contributed by atoms with Crippen molar-refractivity contribution in [2.24, 2.45) is 0 Å². The molecule has 0 bridgehead atoms. The Bertz CT molecular complexity index is 1170. The molecule has 4 rings (SSSR count). The van der Waals surface area contributed by atoms with Gasteiger partial charge in [0.05, 0.1) is 31.4 Å². The summed E-state index contributed by atoms with van der Waals surface area (Å²) in [6.07, 6.45) is 2.51. The van der Waals surface area contributed by atoms with Crippen LogP contribution in [0.15, 0.2) is 45.9 Å². The largest absolute Gasteiger partial charge is 0.493 e. The molecule has 0 unspecified atom stereocenters. The number of ether oxygens (including phenoxy) is 2. The number of carbonyl (C=O) groups is 1. The molecule has 1 aromatic heterocycles. The summed E-state index contributed by atoms with van der Waals surface area (Å²) in [5, 5.41) is 0.535. The molecule has 2 heterocycles. The van der Waals surface area contributed by atoms with E-state index in [1.54, 1.807) is 26.4 Å². The zero-order valence-corrected chi connectivity index (χ0v) is 18.4. The highest BCUT2D eigenvalue weighted by atomic mass is 79.9. The zero-order valence-electron chi connectivity index (χ0n) is 16.9. The Kier molecular flexibility index (Phi) is 5.76. The van der Waals surface area contributed by atoms with Gasteiger partial charge in [0.1, 0.15) is 0 Å². The lowest BCUT2D eigenvalue weighted by atomic mass is 9.98. The first-order chi connectivity index (χ1) is 14.5. The number of hydrogen-bond acceptors (Lipinski definition) is 5. The Morgan fingerprint density at radius 2 is 1.87 bits per heavy atom. The highest BCUT2D eigenvalue weighted by Gasteiger charge is 2.23. The summed E-state index contributed by atoms with van der Waals surface area (Å²) in [6.45, 7) is 1.45. The Morgan fingerprint density at radius 3 is 2.60 bits per heavy atom. The molecule has 1 aliphatic heterocycles. The molecule has 0 atom stereocenters. The van der Waals surface area contributed by atoms with Crippen molar-refractivity contribution in [3.05, 3.63) is 62.6 Å². The van der Waals surface area contributed by atoms with Gasteiger partial charge in [-0.15, -0.1) is 0 Å². The van der Waals surface area contributed by atoms with E-state index in [2.05, 4.69) is 20.9 Å². The third-order valence-corrected chi connectivity index (χ3v) is 5.92. The van der Waals surface area contributed by atoms with Gasteiger partial charge in [0, 0.05) is 30.5 Å². The number of benzene rings is 2. The van der Waals surface area contributed by atoms with Crippen molar-refractivity contribution in [2.75, 3.05) is 20.8 Å². The highest BCUT2D eigenvalue weighted by Crippen LogP contribution is 2.33. The van der Waals surface area contributed by atoms with E-state index in [9.17, 15) is 9.59 Å². The Balaban J connectivity index is 1.47. The summed E-state index contributed by atoms with van der Waals surface area (Å²) in [5.74, 6) is 1.37. The summed E-state index contributed by atoms with van der Waals surface area (Å²) in [6, 6.07) is 9.32. The van der Waals surface area contributed by atoms with E-state index >= 15 is 0 Å². The van der Waals surface area contributed by atoms with Crippen molar-refractivity contribution < 1.29 is 14.3 Å². The lowest BCUT2D eigenvalue weighted by Crippen LogP contribution is -2.37. The number of carbonyl (C=O) groups excluding carboxylic acids is 1. The lowest BCUT2D eigenvalue weighted by molar-refractivity contribution is -0.132. The van der Waals surface area contributed by atoms with Crippen LogP contribution in [0.5, 0.6) is 11.5 Å². The molecule has 30 heavy (non-hydrogen) atoms. The second-order valence-electron chi connectivity index (χ2n) is 7.20. The van der Waals surface area contributed by atoms with Gasteiger partial charge in [-0.3, -0.25) is 14.2 Å². The van der Waals surface area contributed by atoms with Crippen LogP contribution in [0, 0.1) is 0 Å². The van der Waals surface area contributed by atoms with Gasteiger partial charge in [0.15, 0.2) is 11.5 Å². The van der Waals surface area contributed by atoms with Crippen molar-refractivity contribution in [1.82, 2.24) is 14.5 Å². The fourth-order valence-corrected chi connectivity index (χ4v) is 4.12. The third kappa shape index (κ3) is 3.92. The lowest BCUT2D eigenvalue weighted by Gasteiger charge is -2.29. The maximum Gasteiger partial charge on any atom is 0.261 e. The van der Waals surface area contributed by atoms with Gasteiger partial charge in [-0.2, -0.15) is 0 Å². The first-order valence-electron chi connectivity index (χ1n) is 9.66. The number of amides is 1. The van der Waals surface area contributed by atoms with Crippen LogP contribution in [0.2, 0.25) is 0 Å². The molecule has 3 aromatic rings. The highest BCUT2D eigenvalue weighted by molar-refractivity contribution is 9.10. The molecule has 0 N–H and O–H groups in total. The van der Waals surface area contributed by atoms with Crippen LogP contribution in [-0.4, -0.2) is 41.1 Å². The first-order valence-corrected chi connectivity index (χ1v) is 10.5. The number of aromatic nitrogens is 2. The molecule has 0 fully saturated rings. The molecule has 0 radical (unpaired) electrons. The van der Waals surface area contributed by atoms with Gasteiger partial charge < -0.3 is 14.4 Å². The smallest absolute Gasteiger partial charge is 0.261 e. The van der Waals surface area contributed by atoms with Gasteiger partial charge in [-0.05, 0) is 47.9 Å². The second kappa shape index (κ2) is 8.47. The number of halogens is 1. The number of methoxy groups -OCH3 is 2. The standard InChI is InChI=1S/C22H22BrN3O4/c1-29-19-9-14-5-7-25(12-15(14)10-20(19)30-2)21(27)6-8-26-13-24-18-4-3-16(23)11-17(18)22(26)28/h3-4,9-11,13H,5-8,12H2,1-2H3. The maximum atomic E-state index is 12.8. The summed E-state index contributed by atoms with van der Waals surface area (Å²) >= 11 is 3.38. The van der Waals surface area contributed by atoms with Crippen molar-refractivity contribution in [1.29, 1.82) is 0 Å². The van der Waals surface area contributed by atoms with Gasteiger partial charge in [-0.25, -0.2) is 4.98 Å². The molecule has 8 heteroatoms. The van der Waals surface area contributed by atoms with Gasteiger partial charge in [-0.1, -0.05) is 15.9 Å². The summed E-state index contributed by atoms with van der Waals surface area (Å²) < 4.78 is 13.1. The Hall–Kier alpha value is -2.87. The minimum absolute atomic E-state index is 0.0108. The van der Waals surface area contributed by atoms with Crippen molar-refractivity contribution in [2.45, 2.75) is 25.9 Å². The molecule has 1 amide bonds. The molecule has 0 aliphatic carbocycles. The van der Waals surface area contributed by atoms with E-state index in [1.165, 1.54) is 10.9 Å². The van der Waals surface area contributed by atoms with Crippen LogP contribution in [0.4, 0.5) is 0 Å². The molecule has 1 aliphatic rings. The molecule has 0 saturated heterocycles. The van der Waals surface area contributed by atoms with Crippen LogP contribution in [0.25, 0.3) is 10.9 Å². The monoisotopic (exact) mass is 471 g/mol. The quantitative estimate of drug-likeness (QED) is 0.571. The third-order valence-electron chi connectivity index (χ3n) is 5.42. The summed E-state index contributed by atoms with van der Waals surface area (Å²) in [7, 11) is 3.22. The van der Waals surface area contributed by atoms with E-state index in [0.29, 0.717) is 42.0 Å². The topological polar surface area (TPSA) is 73.7 Å². The van der Waals surface area contributed by atoms with E-state index in [1.807, 2.05) is 23.1 Å². The number of hydrogen-bond donors (Lipinski definition) is 0. The zero-order chi connectivity index (χ0) is 21.3. The predicted molar refractivity (Wildman–Crippen MR) is 117 cm³/mol. The normalized spacial score (nSPS) is 13.2. The van der Waals surface area contributed by atoms with E-state index < -0.39 is 0 Å². The Labute approximate surface area is 182 Å². The van der Waals surface area contributed by atoms with E-state index in [0.717, 1.165) is 22.0 Å². The summed E-state index contributed by atoms with van der Waals surface area (Å²) in [5.41, 5.74) is 2.72. The van der Waals surface area contributed by atoms with E-state index in [4.69, 9.17) is 9.47 Å². The summed E-state index contributed by atoms with van der Waals surface area (Å²) in [4.78, 5) is 31.7. The molecule has 2 aromatic carbocycles. The molecular formula is C22H22BrN3O4. The first kappa shape index (κ1) is 20.4. The SMILES string of the molecule is COc1cc2c(cc1OC)CN(C(=O)CCn1cnc3ccc(Br)cc3c1=O)CC2. The van der Waals surface area contributed by atoms with Gasteiger partial charge >= 0.3 is 0 Å². The molecular weight excluding hydrogens is 450 g/mol. The van der Waals surface area contributed by atoms with Crippen molar-refractivity contribution in [3.63, 3.8) is 0 Å². The number of fused-ring (bicyclic) bond motifs is 2.